The summed E-state index contributed by atoms with van der Waals surface area (Å²) in [5, 5.41) is 6.83. The lowest BCUT2D eigenvalue weighted by Crippen LogP contribution is -2.29. The Hall–Kier alpha value is -3.08. The minimum Gasteiger partial charge on any atom is -0.490 e. The molecule has 2 heterocycles. The van der Waals surface area contributed by atoms with Gasteiger partial charge in [-0.05, 0) is 31.4 Å². The highest BCUT2D eigenvalue weighted by molar-refractivity contribution is 6.04. The molecule has 0 spiro atoms. The van der Waals surface area contributed by atoms with Crippen LogP contribution >= 0.6 is 0 Å². The molecule has 0 fully saturated rings. The molecule has 5 heteroatoms. The second kappa shape index (κ2) is 6.27. The summed E-state index contributed by atoms with van der Waals surface area (Å²) in [6.45, 7) is 7.81. The molecule has 1 N–H and O–H groups in total. The van der Waals surface area contributed by atoms with Crippen LogP contribution in [0.4, 0.5) is 5.69 Å². The normalized spacial score (nSPS) is 13.4. The fourth-order valence-corrected chi connectivity index (χ4v) is 3.82. The summed E-state index contributed by atoms with van der Waals surface area (Å²) in [5.74, 6) is 0.834. The molecule has 4 aromatic rings. The van der Waals surface area contributed by atoms with E-state index in [1.807, 2.05) is 18.2 Å². The molecule has 1 aliphatic heterocycles. The first kappa shape index (κ1) is 16.1. The minimum absolute atomic E-state index is 0.669. The highest BCUT2D eigenvalue weighted by Crippen LogP contribution is 2.34. The molecule has 0 atom stereocenters. The first-order chi connectivity index (χ1) is 13.3. The highest BCUT2D eigenvalue weighted by Gasteiger charge is 2.14. The minimum atomic E-state index is 0.669. The van der Waals surface area contributed by atoms with Gasteiger partial charge >= 0.3 is 0 Å². The van der Waals surface area contributed by atoms with E-state index in [1.54, 1.807) is 0 Å². The summed E-state index contributed by atoms with van der Waals surface area (Å²) in [6.07, 6.45) is 0. The van der Waals surface area contributed by atoms with Crippen molar-refractivity contribution in [2.24, 2.45) is 0 Å². The molecule has 5 rings (SSSR count). The Morgan fingerprint density at radius 1 is 1.04 bits per heavy atom. The zero-order valence-corrected chi connectivity index (χ0v) is 15.6. The van der Waals surface area contributed by atoms with Crippen LogP contribution in [0.5, 0.6) is 5.75 Å². The Morgan fingerprint density at radius 3 is 2.78 bits per heavy atom. The predicted octanol–water partition coefficient (Wildman–Crippen LogP) is 3.75. The molecule has 0 amide bonds. The predicted molar refractivity (Wildman–Crippen MR) is 109 cm³/mol. The van der Waals surface area contributed by atoms with E-state index in [2.05, 4.69) is 48.0 Å². The van der Waals surface area contributed by atoms with Crippen molar-refractivity contribution in [2.75, 3.05) is 31.6 Å². The lowest BCUT2D eigenvalue weighted by atomic mass is 10.1. The lowest BCUT2D eigenvalue weighted by molar-refractivity contribution is 0.323. The van der Waals surface area contributed by atoms with Crippen molar-refractivity contribution < 1.29 is 9.15 Å². The Labute approximate surface area is 156 Å². The zero-order chi connectivity index (χ0) is 18.4. The number of benzene rings is 3. The van der Waals surface area contributed by atoms with Gasteiger partial charge in [0.1, 0.15) is 36.5 Å². The van der Waals surface area contributed by atoms with E-state index in [9.17, 15) is 0 Å². The molecule has 0 saturated heterocycles. The second-order valence-electron chi connectivity index (χ2n) is 6.80. The number of anilines is 1. The van der Waals surface area contributed by atoms with Crippen molar-refractivity contribution >= 4 is 38.7 Å². The lowest BCUT2D eigenvalue weighted by Gasteiger charge is -2.19. The molecular weight excluding hydrogens is 338 g/mol. The van der Waals surface area contributed by atoms with Crippen LogP contribution in [0.15, 0.2) is 46.9 Å². The highest BCUT2D eigenvalue weighted by atomic mass is 16.5. The Balaban J connectivity index is 1.79. The van der Waals surface area contributed by atoms with Crippen LogP contribution in [-0.4, -0.2) is 31.2 Å². The maximum absolute atomic E-state index is 6.31. The van der Waals surface area contributed by atoms with Crippen LogP contribution in [0.3, 0.4) is 0 Å². The SMILES string of the molecule is CC[N+](CC)=c1ccc2c(ccc3nc4cc5c(cc4oc32)NCCO5)c1. The van der Waals surface area contributed by atoms with Gasteiger partial charge in [-0.25, -0.2) is 9.56 Å². The second-order valence-corrected chi connectivity index (χ2v) is 6.80. The van der Waals surface area contributed by atoms with Crippen LogP contribution < -0.4 is 20.0 Å². The van der Waals surface area contributed by atoms with Gasteiger partial charge in [-0.1, -0.05) is 6.07 Å². The van der Waals surface area contributed by atoms with Gasteiger partial charge < -0.3 is 14.5 Å². The van der Waals surface area contributed by atoms with Crippen LogP contribution in [0, 0.1) is 0 Å². The molecular formula is C22H22N3O2+. The average molecular weight is 360 g/mol. The molecule has 1 aliphatic rings. The summed E-state index contributed by atoms with van der Waals surface area (Å²) in [4.78, 5) is 4.81. The van der Waals surface area contributed by atoms with Gasteiger partial charge in [-0.2, -0.15) is 0 Å². The topological polar surface area (TPSA) is 50.3 Å². The molecule has 0 bridgehead atoms. The van der Waals surface area contributed by atoms with E-state index in [-0.39, 0.29) is 0 Å². The summed E-state index contributed by atoms with van der Waals surface area (Å²) in [5.41, 5.74) is 4.21. The number of ether oxygens (including phenoxy) is 1. The average Bonchev–Trinajstić information content (AvgIpc) is 2.71. The third-order valence-corrected chi connectivity index (χ3v) is 5.25. The fourth-order valence-electron chi connectivity index (χ4n) is 3.82. The summed E-state index contributed by atoms with van der Waals surface area (Å²) in [7, 11) is 0. The molecule has 0 saturated carbocycles. The van der Waals surface area contributed by atoms with E-state index in [0.717, 1.165) is 64.0 Å². The number of fused-ring (bicyclic) bond motifs is 5. The number of aromatic nitrogens is 1. The monoisotopic (exact) mass is 360 g/mol. The van der Waals surface area contributed by atoms with Gasteiger partial charge in [-0.15, -0.1) is 0 Å². The van der Waals surface area contributed by atoms with Gasteiger partial charge in [0.05, 0.1) is 5.69 Å². The van der Waals surface area contributed by atoms with Gasteiger partial charge in [0.25, 0.3) is 0 Å². The van der Waals surface area contributed by atoms with Crippen molar-refractivity contribution in [3.8, 4) is 5.75 Å². The van der Waals surface area contributed by atoms with E-state index < -0.39 is 0 Å². The number of rotatable bonds is 2. The molecule has 3 aromatic carbocycles. The molecule has 0 unspecified atom stereocenters. The summed E-state index contributed by atoms with van der Waals surface area (Å²) >= 11 is 0. The summed E-state index contributed by atoms with van der Waals surface area (Å²) < 4.78 is 14.4. The summed E-state index contributed by atoms with van der Waals surface area (Å²) in [6, 6.07) is 14.6. The fraction of sp³-hybridized carbons (Fsp3) is 0.273. The Kier molecular flexibility index (Phi) is 3.74. The van der Waals surface area contributed by atoms with Crippen LogP contribution in [0.2, 0.25) is 0 Å². The molecule has 0 radical (unpaired) electrons. The molecule has 27 heavy (non-hydrogen) atoms. The largest absolute Gasteiger partial charge is 0.490 e. The number of nitrogens with zero attached hydrogens (tertiary/aromatic N) is 2. The van der Waals surface area contributed by atoms with E-state index in [0.29, 0.717) is 6.61 Å². The maximum Gasteiger partial charge on any atom is 0.200 e. The Bertz CT molecular complexity index is 1250. The molecule has 1 aromatic heterocycles. The van der Waals surface area contributed by atoms with E-state index >= 15 is 0 Å². The van der Waals surface area contributed by atoms with Crippen molar-refractivity contribution in [2.45, 2.75) is 13.8 Å². The third kappa shape index (κ3) is 2.62. The zero-order valence-electron chi connectivity index (χ0n) is 15.6. The van der Waals surface area contributed by atoms with Crippen LogP contribution in [-0.2, 0) is 0 Å². The smallest absolute Gasteiger partial charge is 0.200 e. The van der Waals surface area contributed by atoms with Gasteiger partial charge in [-0.3, -0.25) is 0 Å². The van der Waals surface area contributed by atoms with Crippen LogP contribution in [0.25, 0.3) is 33.0 Å². The standard InChI is InChI=1S/C22H21N3O2/c1-3-25(4-2)15-6-7-16-14(11-15)5-8-17-22(16)27-21-12-18-20(13-19(21)24-17)26-10-9-23-18/h5-8,11-13H,3-4,9-10H2,1-2H3/p+1. The molecule has 0 aliphatic carbocycles. The van der Waals surface area contributed by atoms with Crippen molar-refractivity contribution in [3.05, 3.63) is 47.8 Å². The maximum atomic E-state index is 6.31. The van der Waals surface area contributed by atoms with Crippen molar-refractivity contribution in [1.82, 2.24) is 9.56 Å². The van der Waals surface area contributed by atoms with E-state index in [4.69, 9.17) is 14.1 Å². The van der Waals surface area contributed by atoms with Gasteiger partial charge in [0.15, 0.2) is 11.2 Å². The van der Waals surface area contributed by atoms with Crippen molar-refractivity contribution in [1.29, 1.82) is 0 Å². The van der Waals surface area contributed by atoms with Gasteiger partial charge in [0.2, 0.25) is 5.36 Å². The van der Waals surface area contributed by atoms with E-state index in [1.165, 1.54) is 5.36 Å². The van der Waals surface area contributed by atoms with Gasteiger partial charge in [0, 0.05) is 36.2 Å². The first-order valence-electron chi connectivity index (χ1n) is 9.53. The van der Waals surface area contributed by atoms with Crippen LogP contribution in [0.1, 0.15) is 13.8 Å². The Morgan fingerprint density at radius 2 is 1.93 bits per heavy atom. The quantitative estimate of drug-likeness (QED) is 0.336. The van der Waals surface area contributed by atoms with Crippen molar-refractivity contribution in [3.63, 3.8) is 0 Å². The molecule has 136 valence electrons. The number of nitrogens with one attached hydrogen (secondary N) is 1. The first-order valence-corrected chi connectivity index (χ1v) is 9.53. The number of hydrogen-bond donors (Lipinski definition) is 1. The number of hydrogen-bond acceptors (Lipinski definition) is 4. The third-order valence-electron chi connectivity index (χ3n) is 5.25. The molecule has 5 nitrogen and oxygen atoms in total.